The number of hydrogen-bond donors (Lipinski definition) is 5. The van der Waals surface area contributed by atoms with E-state index in [1.54, 1.807) is 24.4 Å². The molecule has 1 unspecified atom stereocenters. The van der Waals surface area contributed by atoms with E-state index in [4.69, 9.17) is 0 Å². The maximum absolute atomic E-state index is 12.7. The fraction of sp³-hybridized carbons (Fsp3) is 0.261. The molecule has 3 aromatic heterocycles. The molecule has 2 amide bonds. The Morgan fingerprint density at radius 1 is 1.17 bits per heavy atom. The van der Waals surface area contributed by atoms with E-state index in [2.05, 4.69) is 37.2 Å². The van der Waals surface area contributed by atoms with Crippen molar-refractivity contribution in [2.24, 2.45) is 0 Å². The summed E-state index contributed by atoms with van der Waals surface area (Å²) in [5.74, 6) is -2.17. The van der Waals surface area contributed by atoms with E-state index in [0.29, 0.717) is 27.1 Å². The number of carboxylic acids is 1. The number of aromatic amines is 1. The molecule has 0 saturated heterocycles. The molecule has 4 aromatic rings. The molecule has 4 rings (SSSR count). The highest BCUT2D eigenvalue weighted by Gasteiger charge is 2.24. The van der Waals surface area contributed by atoms with E-state index < -0.39 is 17.9 Å². The lowest BCUT2D eigenvalue weighted by atomic mass is 10.1. The second-order valence-electron chi connectivity index (χ2n) is 7.76. The van der Waals surface area contributed by atoms with Crippen molar-refractivity contribution in [2.75, 3.05) is 18.4 Å². The van der Waals surface area contributed by atoms with Crippen molar-refractivity contribution in [2.45, 2.75) is 25.8 Å². The SMILES string of the molecule is Cc1nc(NCCCc2cccc3[nH]ncc23)sc1C(=O)NC(CNC(=O)c1cccs1)C(=O)O. The summed E-state index contributed by atoms with van der Waals surface area (Å²) in [6.45, 7) is 2.13. The van der Waals surface area contributed by atoms with Crippen LogP contribution in [0.2, 0.25) is 0 Å². The van der Waals surface area contributed by atoms with Crippen LogP contribution in [0.25, 0.3) is 10.9 Å². The normalized spacial score (nSPS) is 11.8. The number of carboxylic acid groups (broad SMARTS) is 1. The second kappa shape index (κ2) is 11.1. The first kappa shape index (κ1) is 24.4. The number of carbonyl (C=O) groups excluding carboxylic acids is 2. The number of hydrogen-bond acceptors (Lipinski definition) is 8. The van der Waals surface area contributed by atoms with Crippen molar-refractivity contribution in [3.05, 3.63) is 62.9 Å². The van der Waals surface area contributed by atoms with Crippen LogP contribution in [0.15, 0.2) is 41.9 Å². The van der Waals surface area contributed by atoms with Gasteiger partial charge >= 0.3 is 5.97 Å². The van der Waals surface area contributed by atoms with Crippen LogP contribution in [-0.4, -0.2) is 57.2 Å². The van der Waals surface area contributed by atoms with Crippen LogP contribution in [0.3, 0.4) is 0 Å². The third-order valence-corrected chi connectivity index (χ3v) is 7.27. The van der Waals surface area contributed by atoms with Gasteiger partial charge in [0.25, 0.3) is 11.8 Å². The third-order valence-electron chi connectivity index (χ3n) is 5.29. The average Bonchev–Trinajstić information content (AvgIpc) is 3.60. The number of benzene rings is 1. The minimum absolute atomic E-state index is 0.232. The van der Waals surface area contributed by atoms with Crippen LogP contribution in [0.1, 0.15) is 37.0 Å². The fourth-order valence-electron chi connectivity index (χ4n) is 3.52. The van der Waals surface area contributed by atoms with Gasteiger partial charge in [0.15, 0.2) is 5.13 Å². The molecule has 0 aliphatic carbocycles. The quantitative estimate of drug-likeness (QED) is 0.194. The number of nitrogens with one attached hydrogen (secondary N) is 4. The lowest BCUT2D eigenvalue weighted by Crippen LogP contribution is -2.48. The standard InChI is InChI=1S/C23H24N6O4S2/c1-13-19(21(31)28-17(22(32)33)12-25-20(30)18-8-4-10-34-18)35-23(27-13)24-9-3-6-14-5-2-7-16-15(14)11-26-29-16/h2,4-5,7-8,10-11,17H,3,6,9,12H2,1H3,(H,24,27)(H,25,30)(H,26,29)(H,28,31)(H,32,33). The second-order valence-corrected chi connectivity index (χ2v) is 9.71. The number of aromatic nitrogens is 3. The molecule has 0 saturated carbocycles. The van der Waals surface area contributed by atoms with E-state index in [9.17, 15) is 19.5 Å². The molecule has 35 heavy (non-hydrogen) atoms. The zero-order valence-electron chi connectivity index (χ0n) is 18.8. The summed E-state index contributed by atoms with van der Waals surface area (Å²) in [4.78, 5) is 41.6. The number of fused-ring (bicyclic) bond motifs is 1. The Labute approximate surface area is 208 Å². The van der Waals surface area contributed by atoms with Gasteiger partial charge in [-0.3, -0.25) is 14.7 Å². The van der Waals surface area contributed by atoms with Gasteiger partial charge in [-0.2, -0.15) is 5.10 Å². The highest BCUT2D eigenvalue weighted by molar-refractivity contribution is 7.17. The van der Waals surface area contributed by atoms with Crippen molar-refractivity contribution in [1.29, 1.82) is 0 Å². The Morgan fingerprint density at radius 3 is 2.80 bits per heavy atom. The van der Waals surface area contributed by atoms with E-state index >= 15 is 0 Å². The van der Waals surface area contributed by atoms with E-state index in [1.807, 2.05) is 18.3 Å². The van der Waals surface area contributed by atoms with Gasteiger partial charge in [-0.15, -0.1) is 11.3 Å². The average molecular weight is 513 g/mol. The van der Waals surface area contributed by atoms with Crippen LogP contribution in [0.4, 0.5) is 5.13 Å². The van der Waals surface area contributed by atoms with Gasteiger partial charge in [0, 0.05) is 18.5 Å². The molecule has 182 valence electrons. The number of thiophene rings is 1. The number of nitrogens with zero attached hydrogens (tertiary/aromatic N) is 2. The predicted molar refractivity (Wildman–Crippen MR) is 135 cm³/mol. The van der Waals surface area contributed by atoms with Crippen LogP contribution >= 0.6 is 22.7 Å². The summed E-state index contributed by atoms with van der Waals surface area (Å²) in [7, 11) is 0. The molecule has 5 N–H and O–H groups in total. The Bertz CT molecular complexity index is 1330. The maximum atomic E-state index is 12.7. The molecule has 1 aromatic carbocycles. The molecule has 0 aliphatic rings. The highest BCUT2D eigenvalue weighted by Crippen LogP contribution is 2.23. The Kier molecular flexibility index (Phi) is 7.73. The number of rotatable bonds is 11. The number of amides is 2. The number of carbonyl (C=O) groups is 3. The number of aliphatic carboxylic acids is 1. The number of thiazole rings is 1. The maximum Gasteiger partial charge on any atom is 0.328 e. The highest BCUT2D eigenvalue weighted by atomic mass is 32.1. The predicted octanol–water partition coefficient (Wildman–Crippen LogP) is 3.05. The molecule has 0 spiro atoms. The van der Waals surface area contributed by atoms with E-state index in [0.717, 1.165) is 23.7 Å². The van der Waals surface area contributed by atoms with E-state index in [-0.39, 0.29) is 12.5 Å². The molecule has 1 atom stereocenters. The first-order valence-corrected chi connectivity index (χ1v) is 12.6. The zero-order valence-corrected chi connectivity index (χ0v) is 20.5. The molecular weight excluding hydrogens is 488 g/mol. The van der Waals surface area contributed by atoms with Crippen molar-refractivity contribution in [3.63, 3.8) is 0 Å². The van der Waals surface area contributed by atoms with Crippen LogP contribution in [0.5, 0.6) is 0 Å². The first-order valence-electron chi connectivity index (χ1n) is 10.9. The molecule has 0 fully saturated rings. The van der Waals surface area contributed by atoms with Gasteiger partial charge in [-0.05, 0) is 42.8 Å². The number of aryl methyl sites for hydroxylation is 2. The largest absolute Gasteiger partial charge is 0.480 e. The smallest absolute Gasteiger partial charge is 0.328 e. The Hall–Kier alpha value is -3.77. The zero-order chi connectivity index (χ0) is 24.8. The molecule has 12 heteroatoms. The van der Waals surface area contributed by atoms with Crippen molar-refractivity contribution in [1.82, 2.24) is 25.8 Å². The molecule has 0 aliphatic heterocycles. The molecular formula is C23H24N6O4S2. The lowest BCUT2D eigenvalue weighted by molar-refractivity contribution is -0.139. The minimum Gasteiger partial charge on any atom is -0.480 e. The van der Waals surface area contributed by atoms with Gasteiger partial charge in [-0.1, -0.05) is 29.5 Å². The minimum atomic E-state index is -1.27. The summed E-state index contributed by atoms with van der Waals surface area (Å²) in [5.41, 5.74) is 2.72. The van der Waals surface area contributed by atoms with Crippen molar-refractivity contribution >= 4 is 56.5 Å². The monoisotopic (exact) mass is 512 g/mol. The summed E-state index contributed by atoms with van der Waals surface area (Å²) in [6, 6.07) is 8.16. The summed E-state index contributed by atoms with van der Waals surface area (Å²) in [6.07, 6.45) is 3.54. The van der Waals surface area contributed by atoms with Gasteiger partial charge < -0.3 is 21.1 Å². The molecule has 10 nitrogen and oxygen atoms in total. The van der Waals surface area contributed by atoms with Crippen LogP contribution in [-0.2, 0) is 11.2 Å². The molecule has 3 heterocycles. The van der Waals surface area contributed by atoms with Crippen molar-refractivity contribution < 1.29 is 19.5 Å². The third kappa shape index (κ3) is 6.03. The fourth-order valence-corrected chi connectivity index (χ4v) is 5.05. The van der Waals surface area contributed by atoms with Crippen molar-refractivity contribution in [3.8, 4) is 0 Å². The topological polar surface area (TPSA) is 149 Å². The Morgan fingerprint density at radius 2 is 2.03 bits per heavy atom. The van der Waals surface area contributed by atoms with Crippen LogP contribution in [0, 0.1) is 6.92 Å². The van der Waals surface area contributed by atoms with Crippen LogP contribution < -0.4 is 16.0 Å². The van der Waals surface area contributed by atoms with Gasteiger partial charge in [-0.25, -0.2) is 9.78 Å². The van der Waals surface area contributed by atoms with E-state index in [1.165, 1.54) is 28.2 Å². The van der Waals surface area contributed by atoms with Gasteiger partial charge in [0.05, 0.1) is 22.3 Å². The lowest BCUT2D eigenvalue weighted by Gasteiger charge is -2.14. The summed E-state index contributed by atoms with van der Waals surface area (Å²) in [5, 5.41) is 28.2. The van der Waals surface area contributed by atoms with Gasteiger partial charge in [0.2, 0.25) is 0 Å². The first-order chi connectivity index (χ1) is 16.9. The molecule has 0 bridgehead atoms. The van der Waals surface area contributed by atoms with Gasteiger partial charge in [0.1, 0.15) is 10.9 Å². The number of anilines is 1. The summed E-state index contributed by atoms with van der Waals surface area (Å²) >= 11 is 2.42. The Balaban J connectivity index is 1.29. The molecule has 0 radical (unpaired) electrons. The number of H-pyrrole nitrogens is 1. The summed E-state index contributed by atoms with van der Waals surface area (Å²) < 4.78 is 0.